The van der Waals surface area contributed by atoms with Crippen molar-refractivity contribution in [2.24, 2.45) is 0 Å². The van der Waals surface area contributed by atoms with Crippen LogP contribution < -0.4 is 15.0 Å². The summed E-state index contributed by atoms with van der Waals surface area (Å²) in [5.74, 6) is -6.68. The molecule has 1 aliphatic heterocycles. The first kappa shape index (κ1) is 26.2. The fraction of sp³-hybridized carbons (Fsp3) is 0.333. The number of hydrogen-bond donors (Lipinski definition) is 3. The van der Waals surface area contributed by atoms with Crippen molar-refractivity contribution >= 4 is 17.7 Å². The molecule has 0 bridgehead atoms. The van der Waals surface area contributed by atoms with Crippen LogP contribution in [0.5, 0.6) is 6.01 Å². The maximum Gasteiger partial charge on any atom is 0.328 e. The van der Waals surface area contributed by atoms with Crippen LogP contribution in [0.3, 0.4) is 0 Å². The molecular weight excluding hydrogens is 498 g/mol. The van der Waals surface area contributed by atoms with Crippen molar-refractivity contribution in [2.75, 3.05) is 30.0 Å². The Morgan fingerprint density at radius 1 is 1.24 bits per heavy atom. The Hall–Kier alpha value is -3.84. The van der Waals surface area contributed by atoms with Crippen LogP contribution in [-0.2, 0) is 11.8 Å². The molecule has 196 valence electrons. The quantitative estimate of drug-likeness (QED) is 0.403. The number of halogens is 4. The number of fused-ring (bicyclic) bond motifs is 1. The number of urea groups is 1. The lowest BCUT2D eigenvalue weighted by molar-refractivity contribution is -0.0146. The summed E-state index contributed by atoms with van der Waals surface area (Å²) in [6.45, 7) is -0.445. The van der Waals surface area contributed by atoms with Crippen LogP contribution in [0.15, 0.2) is 48.7 Å². The lowest BCUT2D eigenvalue weighted by Crippen LogP contribution is -2.43. The van der Waals surface area contributed by atoms with Gasteiger partial charge in [-0.25, -0.2) is 32.3 Å². The van der Waals surface area contributed by atoms with E-state index in [2.05, 4.69) is 20.3 Å². The van der Waals surface area contributed by atoms with Gasteiger partial charge in [0.25, 0.3) is 11.8 Å². The number of rotatable bonds is 7. The maximum absolute atomic E-state index is 14.7. The van der Waals surface area contributed by atoms with E-state index in [1.165, 1.54) is 42.6 Å². The van der Waals surface area contributed by atoms with E-state index in [0.717, 1.165) is 17.9 Å². The average Bonchev–Trinajstić information content (AvgIpc) is 2.86. The van der Waals surface area contributed by atoms with Crippen LogP contribution >= 0.6 is 0 Å². The zero-order valence-electron chi connectivity index (χ0n) is 19.5. The van der Waals surface area contributed by atoms with Crippen molar-refractivity contribution in [3.05, 3.63) is 59.8 Å². The number of pyridine rings is 1. The van der Waals surface area contributed by atoms with Gasteiger partial charge in [-0.3, -0.25) is 10.2 Å². The van der Waals surface area contributed by atoms with Gasteiger partial charge in [-0.2, -0.15) is 4.98 Å². The third-order valence-electron chi connectivity index (χ3n) is 5.57. The molecule has 1 atom stereocenters. The first-order valence-electron chi connectivity index (χ1n) is 11.2. The molecular formula is C24H23F4N5O4. The van der Waals surface area contributed by atoms with Crippen LogP contribution in [-0.4, -0.2) is 57.1 Å². The van der Waals surface area contributed by atoms with Crippen LogP contribution in [0, 0.1) is 0 Å². The van der Waals surface area contributed by atoms with Crippen LogP contribution in [0.25, 0.3) is 11.3 Å². The number of alkyl halides is 4. The van der Waals surface area contributed by atoms with Crippen LogP contribution in [0.4, 0.5) is 34.0 Å². The van der Waals surface area contributed by atoms with Gasteiger partial charge in [-0.15, -0.1) is 0 Å². The Labute approximate surface area is 208 Å². The highest BCUT2D eigenvalue weighted by Gasteiger charge is 2.42. The summed E-state index contributed by atoms with van der Waals surface area (Å²) in [6, 6.07) is 8.18. The number of aromatic nitrogens is 3. The van der Waals surface area contributed by atoms with Crippen molar-refractivity contribution in [3.8, 4) is 17.3 Å². The Morgan fingerprint density at radius 2 is 2.03 bits per heavy atom. The molecule has 1 aromatic carbocycles. The summed E-state index contributed by atoms with van der Waals surface area (Å²) in [4.78, 5) is 26.1. The van der Waals surface area contributed by atoms with Crippen molar-refractivity contribution in [1.82, 2.24) is 15.0 Å². The highest BCUT2D eigenvalue weighted by atomic mass is 19.3. The van der Waals surface area contributed by atoms with Gasteiger partial charge in [-0.05, 0) is 24.3 Å². The zero-order valence-corrected chi connectivity index (χ0v) is 19.5. The van der Waals surface area contributed by atoms with E-state index < -0.39 is 42.6 Å². The topological polar surface area (TPSA) is 121 Å². The summed E-state index contributed by atoms with van der Waals surface area (Å²) in [7, 11) is 0. The average molecular weight is 521 g/mol. The van der Waals surface area contributed by atoms with E-state index in [4.69, 9.17) is 9.84 Å². The molecule has 4 rings (SSSR count). The van der Waals surface area contributed by atoms with Gasteiger partial charge in [0.05, 0.1) is 17.9 Å². The smallest absolute Gasteiger partial charge is 0.328 e. The second-order valence-electron chi connectivity index (χ2n) is 8.44. The molecule has 0 fully saturated rings. The number of nitrogens with one attached hydrogen (secondary N) is 1. The molecule has 0 saturated heterocycles. The molecule has 37 heavy (non-hydrogen) atoms. The normalized spacial score (nSPS) is 15.6. The molecule has 0 unspecified atom stereocenters. The number of hydrogen-bond acceptors (Lipinski definition) is 7. The molecule has 3 aromatic rings. The molecule has 2 aromatic heterocycles. The Kier molecular flexibility index (Phi) is 7.28. The second-order valence-corrected chi connectivity index (χ2v) is 8.44. The molecule has 3 heterocycles. The van der Waals surface area contributed by atoms with E-state index in [1.807, 2.05) is 0 Å². The Bertz CT molecular complexity index is 1290. The molecule has 3 N–H and O–H groups in total. The molecule has 0 spiro atoms. The predicted molar refractivity (Wildman–Crippen MR) is 125 cm³/mol. The fourth-order valence-electron chi connectivity index (χ4n) is 3.62. The van der Waals surface area contributed by atoms with Gasteiger partial charge in [0.2, 0.25) is 0 Å². The highest BCUT2D eigenvalue weighted by molar-refractivity contribution is 6.01. The fourth-order valence-corrected chi connectivity index (χ4v) is 3.62. The van der Waals surface area contributed by atoms with Gasteiger partial charge in [0, 0.05) is 37.2 Å². The lowest BCUT2D eigenvalue weighted by Gasteiger charge is -2.33. The number of ether oxygens (including phenoxy) is 1. The molecule has 1 aliphatic rings. The van der Waals surface area contributed by atoms with Crippen molar-refractivity contribution in [3.63, 3.8) is 0 Å². The Morgan fingerprint density at radius 3 is 2.76 bits per heavy atom. The maximum atomic E-state index is 14.7. The van der Waals surface area contributed by atoms with E-state index in [9.17, 15) is 27.5 Å². The van der Waals surface area contributed by atoms with Crippen LogP contribution in [0.1, 0.15) is 24.5 Å². The monoisotopic (exact) mass is 521 g/mol. The first-order valence-corrected chi connectivity index (χ1v) is 11.2. The van der Waals surface area contributed by atoms with Crippen LogP contribution in [0.2, 0.25) is 0 Å². The summed E-state index contributed by atoms with van der Waals surface area (Å²) in [5, 5.41) is 20.7. The Balaban J connectivity index is 1.62. The number of carbonyl (C=O) groups excluding carboxylic acids is 1. The number of carbonyl (C=O) groups is 1. The van der Waals surface area contributed by atoms with Gasteiger partial charge >= 0.3 is 12.0 Å². The van der Waals surface area contributed by atoms with E-state index >= 15 is 0 Å². The number of nitrogens with zero attached hydrogens (tertiary/aromatic N) is 4. The third kappa shape index (κ3) is 5.94. The van der Waals surface area contributed by atoms with Crippen molar-refractivity contribution < 1.29 is 37.3 Å². The molecule has 13 heteroatoms. The number of aliphatic hydroxyl groups excluding tert-OH is 2. The molecule has 0 aliphatic carbocycles. The van der Waals surface area contributed by atoms with Gasteiger partial charge in [0.15, 0.2) is 0 Å². The molecule has 0 saturated carbocycles. The van der Waals surface area contributed by atoms with E-state index in [1.54, 1.807) is 0 Å². The van der Waals surface area contributed by atoms with Gasteiger partial charge in [-0.1, -0.05) is 18.2 Å². The van der Waals surface area contributed by atoms with Crippen molar-refractivity contribution in [2.45, 2.75) is 31.3 Å². The van der Waals surface area contributed by atoms with Gasteiger partial charge < -0.3 is 14.9 Å². The predicted octanol–water partition coefficient (Wildman–Crippen LogP) is 3.92. The summed E-state index contributed by atoms with van der Waals surface area (Å²) >= 11 is 0. The number of aliphatic hydroxyl groups is 2. The van der Waals surface area contributed by atoms with Gasteiger partial charge in [0.1, 0.15) is 24.3 Å². The van der Waals surface area contributed by atoms with E-state index in [0.29, 0.717) is 0 Å². The largest absolute Gasteiger partial charge is 0.461 e. The molecule has 2 amide bonds. The number of benzene rings is 1. The second kappa shape index (κ2) is 10.3. The minimum atomic E-state index is -3.25. The first-order chi connectivity index (χ1) is 17.5. The number of amides is 2. The van der Waals surface area contributed by atoms with E-state index in [-0.39, 0.29) is 47.6 Å². The summed E-state index contributed by atoms with van der Waals surface area (Å²) < 4.78 is 62.1. The standard InChI is InChI=1S/C24H23F4N5O4/c1-23(25,26)15-4-2-3-14(11-15)18-6-5-17-20(30-18)33(10-8-24(17,27)28)22(36)32-19-7-9-29-21(31-19)37-13-16(35)12-34/h2-7,9,11,16,34-35H,8,10,12-13H2,1H3,(H,29,31,32,36)/t16-/m1/s1. The molecule has 0 radical (unpaired) electrons. The minimum Gasteiger partial charge on any atom is -0.461 e. The zero-order chi connectivity index (χ0) is 26.8. The SMILES string of the molecule is CC(F)(F)c1cccc(-c2ccc3c(n2)N(C(=O)Nc2ccnc(OC[C@H](O)CO)n2)CCC3(F)F)c1. The number of anilines is 2. The summed E-state index contributed by atoms with van der Waals surface area (Å²) in [6.07, 6.45) is -0.532. The lowest BCUT2D eigenvalue weighted by atomic mass is 9.99. The minimum absolute atomic E-state index is 0.0126. The summed E-state index contributed by atoms with van der Waals surface area (Å²) in [5.41, 5.74) is -0.323. The molecule has 9 nitrogen and oxygen atoms in total. The third-order valence-corrected chi connectivity index (χ3v) is 5.57. The van der Waals surface area contributed by atoms with Crippen molar-refractivity contribution in [1.29, 1.82) is 0 Å². The highest BCUT2D eigenvalue weighted by Crippen LogP contribution is 2.42.